The molecular formula is C8H12F3N5O. The molecule has 1 aromatic rings. The van der Waals surface area contributed by atoms with E-state index in [0.29, 0.717) is 13.2 Å². The van der Waals surface area contributed by atoms with Crippen LogP contribution in [-0.2, 0) is 10.9 Å². The van der Waals surface area contributed by atoms with Gasteiger partial charge in [-0.3, -0.25) is 0 Å². The van der Waals surface area contributed by atoms with Crippen LogP contribution in [0.3, 0.4) is 0 Å². The first kappa shape index (κ1) is 13.5. The lowest BCUT2D eigenvalue weighted by Gasteiger charge is -2.10. The second kappa shape index (κ2) is 5.64. The molecule has 6 nitrogen and oxygen atoms in total. The zero-order chi connectivity index (χ0) is 12.9. The molecule has 0 aromatic carbocycles. The molecule has 0 amide bonds. The van der Waals surface area contributed by atoms with Crippen LogP contribution >= 0.6 is 0 Å². The maximum absolute atomic E-state index is 12.4. The summed E-state index contributed by atoms with van der Waals surface area (Å²) in [4.78, 5) is 6.53. The Kier molecular flexibility index (Phi) is 4.46. The predicted octanol–water partition coefficient (Wildman–Crippen LogP) is 0.839. The fourth-order valence-corrected chi connectivity index (χ4v) is 1.02. The van der Waals surface area contributed by atoms with Gasteiger partial charge in [-0.25, -0.2) is 15.8 Å². The fraction of sp³-hybridized carbons (Fsp3) is 0.500. The zero-order valence-electron chi connectivity index (χ0n) is 9.01. The van der Waals surface area contributed by atoms with Crippen molar-refractivity contribution in [3.63, 3.8) is 0 Å². The monoisotopic (exact) mass is 251 g/mol. The smallest absolute Gasteiger partial charge is 0.383 e. The highest BCUT2D eigenvalue weighted by atomic mass is 19.4. The lowest BCUT2D eigenvalue weighted by molar-refractivity contribution is -0.144. The Hall–Kier alpha value is -1.61. The van der Waals surface area contributed by atoms with E-state index in [1.54, 1.807) is 0 Å². The molecule has 0 saturated heterocycles. The van der Waals surface area contributed by atoms with Gasteiger partial charge in [-0.1, -0.05) is 0 Å². The van der Waals surface area contributed by atoms with Gasteiger partial charge < -0.3 is 15.5 Å². The van der Waals surface area contributed by atoms with Gasteiger partial charge in [0, 0.05) is 19.7 Å². The molecule has 0 aliphatic rings. The van der Waals surface area contributed by atoms with Crippen molar-refractivity contribution in [2.24, 2.45) is 5.84 Å². The highest BCUT2D eigenvalue weighted by molar-refractivity contribution is 5.47. The van der Waals surface area contributed by atoms with E-state index in [-0.39, 0.29) is 11.6 Å². The molecule has 1 heterocycles. The summed E-state index contributed by atoms with van der Waals surface area (Å²) in [7, 11) is 1.48. The lowest BCUT2D eigenvalue weighted by atomic mass is 10.4. The average Bonchev–Trinajstić information content (AvgIpc) is 2.28. The van der Waals surface area contributed by atoms with Crippen LogP contribution in [0.5, 0.6) is 0 Å². The van der Waals surface area contributed by atoms with Crippen molar-refractivity contribution < 1.29 is 17.9 Å². The molecule has 0 saturated carbocycles. The van der Waals surface area contributed by atoms with Crippen LogP contribution in [0.15, 0.2) is 6.07 Å². The summed E-state index contributed by atoms with van der Waals surface area (Å²) >= 11 is 0. The van der Waals surface area contributed by atoms with Gasteiger partial charge in [0.25, 0.3) is 0 Å². The number of nitrogens with zero attached hydrogens (tertiary/aromatic N) is 2. The Morgan fingerprint density at radius 1 is 1.35 bits per heavy atom. The molecule has 1 rings (SSSR count). The second-order valence-corrected chi connectivity index (χ2v) is 3.02. The fourth-order valence-electron chi connectivity index (χ4n) is 1.02. The predicted molar refractivity (Wildman–Crippen MR) is 55.2 cm³/mol. The number of nitrogen functional groups attached to an aromatic ring is 1. The Labute approximate surface area is 95.4 Å². The first-order valence-electron chi connectivity index (χ1n) is 4.63. The molecule has 1 aromatic heterocycles. The SMILES string of the molecule is COCCNc1cc(NN)nc(C(F)(F)F)n1. The van der Waals surface area contributed by atoms with Crippen LogP contribution in [0, 0.1) is 0 Å². The summed E-state index contributed by atoms with van der Waals surface area (Å²) in [6.45, 7) is 0.672. The molecule has 0 aliphatic heterocycles. The Morgan fingerprint density at radius 3 is 2.53 bits per heavy atom. The molecule has 0 fully saturated rings. The van der Waals surface area contributed by atoms with Crippen molar-refractivity contribution in [3.05, 3.63) is 11.9 Å². The maximum Gasteiger partial charge on any atom is 0.451 e. The molecule has 9 heteroatoms. The van der Waals surface area contributed by atoms with Crippen molar-refractivity contribution in [2.75, 3.05) is 31.0 Å². The first-order valence-corrected chi connectivity index (χ1v) is 4.63. The van der Waals surface area contributed by atoms with Crippen molar-refractivity contribution in [1.82, 2.24) is 9.97 Å². The summed E-state index contributed by atoms with van der Waals surface area (Å²) < 4.78 is 42.0. The number of aromatic nitrogens is 2. The van der Waals surface area contributed by atoms with Gasteiger partial charge in [0.05, 0.1) is 6.61 Å². The lowest BCUT2D eigenvalue weighted by Crippen LogP contribution is -2.18. The van der Waals surface area contributed by atoms with Gasteiger partial charge in [-0.05, 0) is 0 Å². The quantitative estimate of drug-likeness (QED) is 0.408. The number of methoxy groups -OCH3 is 1. The molecule has 0 atom stereocenters. The van der Waals surface area contributed by atoms with E-state index in [1.807, 2.05) is 5.43 Å². The number of rotatable bonds is 5. The van der Waals surface area contributed by atoms with Crippen LogP contribution in [0.25, 0.3) is 0 Å². The van der Waals surface area contributed by atoms with Gasteiger partial charge in [0.2, 0.25) is 5.82 Å². The van der Waals surface area contributed by atoms with E-state index < -0.39 is 12.0 Å². The molecule has 96 valence electrons. The van der Waals surface area contributed by atoms with Crippen LogP contribution in [0.1, 0.15) is 5.82 Å². The molecule has 0 radical (unpaired) electrons. The van der Waals surface area contributed by atoms with Crippen LogP contribution < -0.4 is 16.6 Å². The molecule has 0 aliphatic carbocycles. The third-order valence-corrected chi connectivity index (χ3v) is 1.74. The van der Waals surface area contributed by atoms with E-state index in [2.05, 4.69) is 15.3 Å². The highest BCUT2D eigenvalue weighted by Crippen LogP contribution is 2.27. The number of hydrazine groups is 1. The van der Waals surface area contributed by atoms with Crippen LogP contribution in [-0.4, -0.2) is 30.2 Å². The van der Waals surface area contributed by atoms with Gasteiger partial charge >= 0.3 is 6.18 Å². The largest absolute Gasteiger partial charge is 0.451 e. The summed E-state index contributed by atoms with van der Waals surface area (Å²) in [6, 6.07) is 1.27. The molecule has 0 unspecified atom stereocenters. The van der Waals surface area contributed by atoms with Crippen molar-refractivity contribution in [2.45, 2.75) is 6.18 Å². The highest BCUT2D eigenvalue weighted by Gasteiger charge is 2.35. The number of anilines is 2. The maximum atomic E-state index is 12.4. The minimum absolute atomic E-state index is 0.0253. The van der Waals surface area contributed by atoms with Crippen LogP contribution in [0.4, 0.5) is 24.8 Å². The van der Waals surface area contributed by atoms with Gasteiger partial charge in [0.15, 0.2) is 0 Å². The van der Waals surface area contributed by atoms with E-state index in [4.69, 9.17) is 10.6 Å². The Balaban J connectivity index is 2.89. The molecule has 17 heavy (non-hydrogen) atoms. The van der Waals surface area contributed by atoms with E-state index in [9.17, 15) is 13.2 Å². The van der Waals surface area contributed by atoms with Crippen molar-refractivity contribution in [1.29, 1.82) is 0 Å². The molecular weight excluding hydrogens is 239 g/mol. The minimum atomic E-state index is -4.62. The standard InChI is InChI=1S/C8H12F3N5O/c1-17-3-2-13-5-4-6(16-12)15-7(14-5)8(9,10)11/h4H,2-3,12H2,1H3,(H2,13,14,15,16). The topological polar surface area (TPSA) is 85.1 Å². The zero-order valence-corrected chi connectivity index (χ0v) is 9.01. The molecule has 0 spiro atoms. The summed E-state index contributed by atoms with van der Waals surface area (Å²) in [5, 5.41) is 2.66. The van der Waals surface area contributed by atoms with Crippen LogP contribution in [0.2, 0.25) is 0 Å². The van der Waals surface area contributed by atoms with Crippen molar-refractivity contribution in [3.8, 4) is 0 Å². The molecule has 0 bridgehead atoms. The van der Waals surface area contributed by atoms with E-state index in [0.717, 1.165) is 0 Å². The number of hydrogen-bond donors (Lipinski definition) is 3. The number of halogens is 3. The Bertz CT molecular complexity index is 371. The third-order valence-electron chi connectivity index (χ3n) is 1.74. The van der Waals surface area contributed by atoms with Gasteiger partial charge in [-0.15, -0.1) is 0 Å². The summed E-state index contributed by atoms with van der Waals surface area (Å²) in [5.41, 5.74) is 2.05. The second-order valence-electron chi connectivity index (χ2n) is 3.02. The normalized spacial score (nSPS) is 11.4. The number of alkyl halides is 3. The third kappa shape index (κ3) is 4.04. The first-order chi connectivity index (χ1) is 7.97. The average molecular weight is 251 g/mol. The number of nitrogens with one attached hydrogen (secondary N) is 2. The molecule has 4 N–H and O–H groups in total. The Morgan fingerprint density at radius 2 is 2.00 bits per heavy atom. The van der Waals surface area contributed by atoms with Crippen molar-refractivity contribution >= 4 is 11.6 Å². The van der Waals surface area contributed by atoms with E-state index >= 15 is 0 Å². The van der Waals surface area contributed by atoms with E-state index in [1.165, 1.54) is 13.2 Å². The summed E-state index contributed by atoms with van der Waals surface area (Å²) in [5.74, 6) is 3.68. The number of hydrogen-bond acceptors (Lipinski definition) is 6. The minimum Gasteiger partial charge on any atom is -0.383 e. The summed E-state index contributed by atoms with van der Waals surface area (Å²) in [6.07, 6.45) is -4.62. The number of ether oxygens (including phenoxy) is 1. The number of nitrogens with two attached hydrogens (primary N) is 1. The van der Waals surface area contributed by atoms with Gasteiger partial charge in [-0.2, -0.15) is 13.2 Å². The van der Waals surface area contributed by atoms with Gasteiger partial charge in [0.1, 0.15) is 11.6 Å².